The molecule has 1 heterocycles. The molecule has 104 valence electrons. The number of nitrogens with two attached hydrogens (primary N) is 1. The average molecular weight is 263 g/mol. The number of hydrogen-bond donors (Lipinski definition) is 2. The van der Waals surface area contributed by atoms with Gasteiger partial charge in [-0.1, -0.05) is 0 Å². The molecule has 1 aliphatic heterocycles. The van der Waals surface area contributed by atoms with Crippen LogP contribution in [0, 0.1) is 0 Å². The van der Waals surface area contributed by atoms with E-state index in [1.54, 1.807) is 19.2 Å². The van der Waals surface area contributed by atoms with Crippen LogP contribution in [-0.2, 0) is 9.53 Å². The van der Waals surface area contributed by atoms with Crippen molar-refractivity contribution in [1.29, 1.82) is 0 Å². The van der Waals surface area contributed by atoms with Crippen molar-refractivity contribution in [3.63, 3.8) is 0 Å². The van der Waals surface area contributed by atoms with Gasteiger partial charge in [0.2, 0.25) is 5.91 Å². The van der Waals surface area contributed by atoms with Crippen molar-refractivity contribution in [2.75, 3.05) is 37.8 Å². The molecular formula is C14H21N3O2. The molecule has 0 saturated carbocycles. The number of anilines is 2. The highest BCUT2D eigenvalue weighted by Gasteiger charge is 2.20. The molecule has 3 N–H and O–H groups in total. The summed E-state index contributed by atoms with van der Waals surface area (Å²) < 4.78 is 5.31. The van der Waals surface area contributed by atoms with Crippen LogP contribution in [0.5, 0.6) is 0 Å². The molecule has 5 nitrogen and oxygen atoms in total. The van der Waals surface area contributed by atoms with E-state index in [2.05, 4.69) is 10.2 Å². The fraction of sp³-hybridized carbons (Fsp3) is 0.500. The monoisotopic (exact) mass is 263 g/mol. The van der Waals surface area contributed by atoms with Gasteiger partial charge in [-0.2, -0.15) is 0 Å². The number of rotatable bonds is 4. The number of piperidine rings is 1. The summed E-state index contributed by atoms with van der Waals surface area (Å²) in [6.07, 6.45) is 2.33. The fourth-order valence-corrected chi connectivity index (χ4v) is 2.27. The molecule has 0 bridgehead atoms. The van der Waals surface area contributed by atoms with Gasteiger partial charge in [-0.25, -0.2) is 0 Å². The zero-order chi connectivity index (χ0) is 13.7. The summed E-state index contributed by atoms with van der Waals surface area (Å²) in [5.74, 6) is 0.0145. The molecule has 1 saturated heterocycles. The molecule has 0 unspecified atom stereocenters. The molecule has 0 radical (unpaired) electrons. The Kier molecular flexibility index (Phi) is 4.76. The Bertz CT molecular complexity index is 411. The number of nitrogens with zero attached hydrogens (tertiary/aromatic N) is 1. The Balaban J connectivity index is 1.77. The minimum atomic E-state index is 0.0145. The van der Waals surface area contributed by atoms with Gasteiger partial charge in [-0.15, -0.1) is 0 Å². The largest absolute Gasteiger partial charge is 0.399 e. The minimum absolute atomic E-state index is 0.0145. The lowest BCUT2D eigenvalue weighted by atomic mass is 10.1. The molecule has 2 rings (SSSR count). The molecule has 1 amide bonds. The first-order valence-electron chi connectivity index (χ1n) is 6.58. The zero-order valence-electron chi connectivity index (χ0n) is 11.3. The van der Waals surface area contributed by atoms with Gasteiger partial charge in [-0.05, 0) is 37.1 Å². The Morgan fingerprint density at radius 1 is 1.37 bits per heavy atom. The first-order valence-corrected chi connectivity index (χ1v) is 6.58. The number of carbonyl (C=O) groups is 1. The summed E-state index contributed by atoms with van der Waals surface area (Å²) in [6.45, 7) is 2.25. The molecule has 0 spiro atoms. The number of likely N-dealkylation sites (tertiary alicyclic amines) is 1. The summed E-state index contributed by atoms with van der Waals surface area (Å²) in [7, 11) is 1.74. The van der Waals surface area contributed by atoms with Crippen LogP contribution in [0.25, 0.3) is 0 Å². The van der Waals surface area contributed by atoms with Crippen LogP contribution in [0.2, 0.25) is 0 Å². The lowest BCUT2D eigenvalue weighted by Gasteiger charge is -2.30. The van der Waals surface area contributed by atoms with Crippen molar-refractivity contribution >= 4 is 17.3 Å². The van der Waals surface area contributed by atoms with Crippen LogP contribution in [0.4, 0.5) is 11.4 Å². The van der Waals surface area contributed by atoms with Crippen molar-refractivity contribution in [2.24, 2.45) is 0 Å². The number of carbonyl (C=O) groups excluding carboxylic acids is 1. The highest BCUT2D eigenvalue weighted by atomic mass is 16.5. The number of benzene rings is 1. The van der Waals surface area contributed by atoms with E-state index in [9.17, 15) is 4.79 Å². The summed E-state index contributed by atoms with van der Waals surface area (Å²) in [6, 6.07) is 7.17. The van der Waals surface area contributed by atoms with Gasteiger partial charge in [0.05, 0.1) is 12.6 Å². The number of methoxy groups -OCH3 is 1. The molecule has 0 aromatic heterocycles. The topological polar surface area (TPSA) is 67.6 Å². The molecule has 1 fully saturated rings. The lowest BCUT2D eigenvalue weighted by Crippen LogP contribution is -2.41. The summed E-state index contributed by atoms with van der Waals surface area (Å²) in [5.41, 5.74) is 7.08. The molecule has 19 heavy (non-hydrogen) atoms. The third kappa shape index (κ3) is 4.22. The molecule has 0 atom stereocenters. The van der Waals surface area contributed by atoms with E-state index in [0.717, 1.165) is 31.6 Å². The number of hydrogen-bond acceptors (Lipinski definition) is 4. The molecule has 1 aromatic rings. The van der Waals surface area contributed by atoms with E-state index < -0.39 is 0 Å². The van der Waals surface area contributed by atoms with E-state index in [1.165, 1.54) is 0 Å². The molecule has 1 aliphatic rings. The zero-order valence-corrected chi connectivity index (χ0v) is 11.3. The van der Waals surface area contributed by atoms with Crippen molar-refractivity contribution in [3.8, 4) is 0 Å². The molecular weight excluding hydrogens is 242 g/mol. The first kappa shape index (κ1) is 13.8. The van der Waals surface area contributed by atoms with Gasteiger partial charge in [0.1, 0.15) is 0 Å². The second-order valence-corrected chi connectivity index (χ2v) is 4.88. The van der Waals surface area contributed by atoms with E-state index >= 15 is 0 Å². The summed E-state index contributed by atoms with van der Waals surface area (Å²) in [5, 5.41) is 2.87. The number of ether oxygens (including phenoxy) is 1. The molecule has 1 aromatic carbocycles. The maximum Gasteiger partial charge on any atom is 0.238 e. The van der Waals surface area contributed by atoms with Crippen LogP contribution in [0.15, 0.2) is 24.3 Å². The third-order valence-corrected chi connectivity index (χ3v) is 3.43. The number of nitrogens with one attached hydrogen (secondary N) is 1. The normalized spacial score (nSPS) is 17.3. The average Bonchev–Trinajstić information content (AvgIpc) is 2.42. The van der Waals surface area contributed by atoms with Gasteiger partial charge in [0.25, 0.3) is 0 Å². The predicted octanol–water partition coefficient (Wildman–Crippen LogP) is 1.32. The summed E-state index contributed by atoms with van der Waals surface area (Å²) in [4.78, 5) is 14.1. The second kappa shape index (κ2) is 6.54. The predicted molar refractivity (Wildman–Crippen MR) is 76.0 cm³/mol. The van der Waals surface area contributed by atoms with Crippen LogP contribution in [-0.4, -0.2) is 43.7 Å². The van der Waals surface area contributed by atoms with Crippen molar-refractivity contribution in [3.05, 3.63) is 24.3 Å². The standard InChI is InChI=1S/C14H21N3O2/c1-19-13-6-8-17(9-7-13)10-14(18)16-12-4-2-11(15)3-5-12/h2-5,13H,6-10,15H2,1H3,(H,16,18). The SMILES string of the molecule is COC1CCN(CC(=O)Nc2ccc(N)cc2)CC1. The Morgan fingerprint density at radius 2 is 2.00 bits per heavy atom. The van der Waals surface area contributed by atoms with Gasteiger partial charge in [0.15, 0.2) is 0 Å². The van der Waals surface area contributed by atoms with Crippen LogP contribution in [0.3, 0.4) is 0 Å². The van der Waals surface area contributed by atoms with E-state index in [1.807, 2.05) is 12.1 Å². The fourth-order valence-electron chi connectivity index (χ4n) is 2.27. The van der Waals surface area contributed by atoms with Gasteiger partial charge in [0, 0.05) is 31.6 Å². The van der Waals surface area contributed by atoms with Gasteiger partial charge >= 0.3 is 0 Å². The number of nitrogen functional groups attached to an aromatic ring is 1. The number of amides is 1. The first-order chi connectivity index (χ1) is 9.17. The quantitative estimate of drug-likeness (QED) is 0.804. The Labute approximate surface area is 113 Å². The van der Waals surface area contributed by atoms with E-state index in [-0.39, 0.29) is 5.91 Å². The van der Waals surface area contributed by atoms with Crippen LogP contribution in [0.1, 0.15) is 12.8 Å². The second-order valence-electron chi connectivity index (χ2n) is 4.88. The van der Waals surface area contributed by atoms with Crippen molar-refractivity contribution in [1.82, 2.24) is 4.90 Å². The highest BCUT2D eigenvalue weighted by Crippen LogP contribution is 2.13. The molecule has 0 aliphatic carbocycles. The lowest BCUT2D eigenvalue weighted by molar-refractivity contribution is -0.117. The van der Waals surface area contributed by atoms with Crippen molar-refractivity contribution in [2.45, 2.75) is 18.9 Å². The highest BCUT2D eigenvalue weighted by molar-refractivity contribution is 5.92. The van der Waals surface area contributed by atoms with Crippen molar-refractivity contribution < 1.29 is 9.53 Å². The van der Waals surface area contributed by atoms with Gasteiger partial charge in [-0.3, -0.25) is 9.69 Å². The summed E-state index contributed by atoms with van der Waals surface area (Å²) >= 11 is 0. The van der Waals surface area contributed by atoms with Crippen LogP contribution >= 0.6 is 0 Å². The van der Waals surface area contributed by atoms with Gasteiger partial charge < -0.3 is 15.8 Å². The van der Waals surface area contributed by atoms with E-state index in [0.29, 0.717) is 18.3 Å². The van der Waals surface area contributed by atoms with Crippen LogP contribution < -0.4 is 11.1 Å². The minimum Gasteiger partial charge on any atom is -0.399 e. The van der Waals surface area contributed by atoms with E-state index in [4.69, 9.17) is 10.5 Å². The Morgan fingerprint density at radius 3 is 2.58 bits per heavy atom. The maximum absolute atomic E-state index is 11.9. The molecule has 5 heteroatoms. The Hall–Kier alpha value is -1.59. The third-order valence-electron chi connectivity index (χ3n) is 3.43. The smallest absolute Gasteiger partial charge is 0.238 e. The maximum atomic E-state index is 11.9.